The normalized spacial score (nSPS) is 12.7. The third-order valence-electron chi connectivity index (χ3n) is 2.03. The van der Waals surface area contributed by atoms with Crippen LogP contribution in [-0.2, 0) is 6.54 Å². The van der Waals surface area contributed by atoms with Crippen molar-refractivity contribution < 1.29 is 5.11 Å². The Bertz CT molecular complexity index is 320. The summed E-state index contributed by atoms with van der Waals surface area (Å²) in [5.74, 6) is 0. The van der Waals surface area contributed by atoms with Gasteiger partial charge in [-0.05, 0) is 32.3 Å². The van der Waals surface area contributed by atoms with E-state index in [0.29, 0.717) is 6.54 Å². The number of hydrogen-bond acceptors (Lipinski definition) is 3. The summed E-state index contributed by atoms with van der Waals surface area (Å²) in [5.41, 5.74) is -0.0652. The fourth-order valence-corrected chi connectivity index (χ4v) is 1.26. The van der Waals surface area contributed by atoms with Crippen molar-refractivity contribution in [2.45, 2.75) is 38.8 Å². The van der Waals surface area contributed by atoms with E-state index in [2.05, 4.69) is 5.10 Å². The van der Waals surface area contributed by atoms with Crippen LogP contribution in [0.1, 0.15) is 26.2 Å². The lowest BCUT2D eigenvalue weighted by Gasteiger charge is -2.04. The summed E-state index contributed by atoms with van der Waals surface area (Å²) in [5, 5.41) is 13.0. The second-order valence-corrected chi connectivity index (χ2v) is 3.43. The van der Waals surface area contributed by atoms with Gasteiger partial charge in [-0.1, -0.05) is 0 Å². The van der Waals surface area contributed by atoms with Crippen molar-refractivity contribution in [1.82, 2.24) is 9.78 Å². The van der Waals surface area contributed by atoms with Gasteiger partial charge < -0.3 is 5.11 Å². The molecule has 0 fully saturated rings. The smallest absolute Gasteiger partial charge is 0.266 e. The number of unbranched alkanes of at least 4 members (excludes halogenated alkanes) is 1. The van der Waals surface area contributed by atoms with Crippen LogP contribution in [-0.4, -0.2) is 21.0 Å². The topological polar surface area (TPSA) is 55.1 Å². The van der Waals surface area contributed by atoms with Crippen LogP contribution in [0.3, 0.4) is 0 Å². The number of nitrogens with zero attached hydrogens (tertiary/aromatic N) is 2. The second-order valence-electron chi connectivity index (χ2n) is 3.43. The van der Waals surface area contributed by atoms with Gasteiger partial charge in [-0.25, -0.2) is 4.68 Å². The van der Waals surface area contributed by atoms with Gasteiger partial charge in [0.05, 0.1) is 6.10 Å². The molecule has 1 atom stereocenters. The Morgan fingerprint density at radius 2 is 2.36 bits per heavy atom. The Labute approximate surface area is 83.2 Å². The van der Waals surface area contributed by atoms with E-state index in [4.69, 9.17) is 5.11 Å². The molecule has 0 saturated heterocycles. The summed E-state index contributed by atoms with van der Waals surface area (Å²) < 4.78 is 1.45. The van der Waals surface area contributed by atoms with Gasteiger partial charge in [0, 0.05) is 18.8 Å². The maximum atomic E-state index is 11.2. The first kappa shape index (κ1) is 10.9. The van der Waals surface area contributed by atoms with Crippen molar-refractivity contribution in [3.05, 3.63) is 28.7 Å². The Morgan fingerprint density at radius 3 is 3.00 bits per heavy atom. The zero-order valence-electron chi connectivity index (χ0n) is 8.39. The van der Waals surface area contributed by atoms with Crippen LogP contribution in [0, 0.1) is 0 Å². The van der Waals surface area contributed by atoms with E-state index in [1.165, 1.54) is 10.7 Å². The largest absolute Gasteiger partial charge is 0.393 e. The molecule has 1 aromatic heterocycles. The molecule has 0 saturated carbocycles. The average Bonchev–Trinajstić information content (AvgIpc) is 2.15. The summed E-state index contributed by atoms with van der Waals surface area (Å²) in [6.07, 6.45) is 3.93. The van der Waals surface area contributed by atoms with Crippen molar-refractivity contribution in [2.24, 2.45) is 0 Å². The van der Waals surface area contributed by atoms with E-state index in [1.807, 2.05) is 0 Å². The van der Waals surface area contributed by atoms with Gasteiger partial charge in [0.2, 0.25) is 0 Å². The minimum absolute atomic E-state index is 0.0652. The first-order valence-corrected chi connectivity index (χ1v) is 4.90. The molecular formula is C10H16N2O2. The Balaban J connectivity index is 2.32. The van der Waals surface area contributed by atoms with Crippen molar-refractivity contribution in [3.8, 4) is 0 Å². The molecule has 0 aliphatic rings. The molecule has 1 N–H and O–H groups in total. The predicted octanol–water partition coefficient (Wildman–Crippen LogP) is 0.794. The van der Waals surface area contributed by atoms with Crippen molar-refractivity contribution in [1.29, 1.82) is 0 Å². The quantitative estimate of drug-likeness (QED) is 0.708. The maximum absolute atomic E-state index is 11.2. The highest BCUT2D eigenvalue weighted by molar-refractivity contribution is 4.84. The van der Waals surface area contributed by atoms with E-state index in [-0.39, 0.29) is 11.7 Å². The molecule has 1 rings (SSSR count). The van der Waals surface area contributed by atoms with Crippen LogP contribution in [0.2, 0.25) is 0 Å². The second kappa shape index (κ2) is 5.54. The van der Waals surface area contributed by atoms with E-state index in [0.717, 1.165) is 19.3 Å². The molecule has 1 unspecified atom stereocenters. The average molecular weight is 196 g/mol. The molecule has 0 spiro atoms. The maximum Gasteiger partial charge on any atom is 0.266 e. The van der Waals surface area contributed by atoms with Gasteiger partial charge in [0.25, 0.3) is 5.56 Å². The van der Waals surface area contributed by atoms with Gasteiger partial charge in [-0.15, -0.1) is 0 Å². The Hall–Kier alpha value is -1.16. The molecule has 14 heavy (non-hydrogen) atoms. The number of rotatable bonds is 5. The Morgan fingerprint density at radius 1 is 1.57 bits per heavy atom. The number of aryl methyl sites for hydroxylation is 1. The lowest BCUT2D eigenvalue weighted by atomic mass is 10.2. The fraction of sp³-hybridized carbons (Fsp3) is 0.600. The number of aliphatic hydroxyl groups is 1. The van der Waals surface area contributed by atoms with Crippen LogP contribution >= 0.6 is 0 Å². The van der Waals surface area contributed by atoms with Gasteiger partial charge in [0.15, 0.2) is 0 Å². The molecule has 0 aliphatic heterocycles. The van der Waals surface area contributed by atoms with Crippen molar-refractivity contribution >= 4 is 0 Å². The summed E-state index contributed by atoms with van der Waals surface area (Å²) in [4.78, 5) is 11.2. The lowest BCUT2D eigenvalue weighted by molar-refractivity contribution is 0.179. The molecule has 1 heterocycles. The van der Waals surface area contributed by atoms with Crippen LogP contribution in [0.25, 0.3) is 0 Å². The molecule has 78 valence electrons. The molecular weight excluding hydrogens is 180 g/mol. The monoisotopic (exact) mass is 196 g/mol. The van der Waals surface area contributed by atoms with Crippen molar-refractivity contribution in [3.63, 3.8) is 0 Å². The Kier molecular flexibility index (Phi) is 4.32. The SMILES string of the molecule is CC(O)CCCCn1ncccc1=O. The van der Waals surface area contributed by atoms with Gasteiger partial charge in [0.1, 0.15) is 0 Å². The van der Waals surface area contributed by atoms with Gasteiger partial charge in [-0.3, -0.25) is 4.79 Å². The molecule has 0 radical (unpaired) electrons. The van der Waals surface area contributed by atoms with Crippen LogP contribution < -0.4 is 5.56 Å². The van der Waals surface area contributed by atoms with Gasteiger partial charge in [-0.2, -0.15) is 5.10 Å². The van der Waals surface area contributed by atoms with Crippen molar-refractivity contribution in [2.75, 3.05) is 0 Å². The van der Waals surface area contributed by atoms with E-state index in [9.17, 15) is 4.79 Å². The fourth-order valence-electron chi connectivity index (χ4n) is 1.26. The van der Waals surface area contributed by atoms with Crippen LogP contribution in [0.4, 0.5) is 0 Å². The molecule has 4 heteroatoms. The molecule has 0 aliphatic carbocycles. The minimum Gasteiger partial charge on any atom is -0.393 e. The highest BCUT2D eigenvalue weighted by Gasteiger charge is 1.97. The summed E-state index contributed by atoms with van der Waals surface area (Å²) in [6.45, 7) is 2.40. The predicted molar refractivity (Wildman–Crippen MR) is 54.0 cm³/mol. The first-order chi connectivity index (χ1) is 6.70. The van der Waals surface area contributed by atoms with E-state index in [1.54, 1.807) is 19.2 Å². The highest BCUT2D eigenvalue weighted by Crippen LogP contribution is 2.00. The standard InChI is InChI=1S/C10H16N2O2/c1-9(13)5-2-3-8-12-10(14)6-4-7-11-12/h4,6-7,9,13H,2-3,5,8H2,1H3. The summed E-state index contributed by atoms with van der Waals surface area (Å²) >= 11 is 0. The first-order valence-electron chi connectivity index (χ1n) is 4.90. The minimum atomic E-state index is -0.254. The highest BCUT2D eigenvalue weighted by atomic mass is 16.3. The summed E-state index contributed by atoms with van der Waals surface area (Å²) in [7, 11) is 0. The summed E-state index contributed by atoms with van der Waals surface area (Å²) in [6, 6.07) is 3.14. The van der Waals surface area contributed by atoms with Gasteiger partial charge >= 0.3 is 0 Å². The number of aromatic nitrogens is 2. The zero-order chi connectivity index (χ0) is 10.4. The zero-order valence-corrected chi connectivity index (χ0v) is 8.39. The molecule has 4 nitrogen and oxygen atoms in total. The van der Waals surface area contributed by atoms with Crippen LogP contribution in [0.15, 0.2) is 23.1 Å². The lowest BCUT2D eigenvalue weighted by Crippen LogP contribution is -2.21. The molecule has 0 aromatic carbocycles. The number of hydrogen-bond donors (Lipinski definition) is 1. The number of aliphatic hydroxyl groups excluding tert-OH is 1. The molecule has 0 bridgehead atoms. The molecule has 1 aromatic rings. The van der Waals surface area contributed by atoms with Crippen LogP contribution in [0.5, 0.6) is 0 Å². The van der Waals surface area contributed by atoms with E-state index < -0.39 is 0 Å². The third-order valence-corrected chi connectivity index (χ3v) is 2.03. The molecule has 0 amide bonds. The van der Waals surface area contributed by atoms with E-state index >= 15 is 0 Å². The third kappa shape index (κ3) is 3.70.